The van der Waals surface area contributed by atoms with Crippen molar-refractivity contribution in [1.82, 2.24) is 19.7 Å². The standard InChI is InChI=1S/C19H15ClF3N7O/c1-30-10(4-5-25-30)8-24-19-27-16-11(7-14(22)15(23)17(16)28-19)18(29-31)26-9-2-3-13(21)12(20)6-9/h2-7,31H,8H2,1H3,(H,26,29)(H2,24,27,28). The first-order valence-electron chi connectivity index (χ1n) is 8.90. The van der Waals surface area contributed by atoms with Crippen LogP contribution in [0.2, 0.25) is 5.02 Å². The molecule has 0 unspecified atom stereocenters. The fourth-order valence-electron chi connectivity index (χ4n) is 2.98. The monoisotopic (exact) mass is 449 g/mol. The van der Waals surface area contributed by atoms with Crippen LogP contribution < -0.4 is 10.6 Å². The Hall–Kier alpha value is -3.73. The van der Waals surface area contributed by atoms with Crippen LogP contribution in [0.1, 0.15) is 11.3 Å². The number of imidazole rings is 1. The molecule has 0 saturated carbocycles. The number of aromatic amines is 1. The third kappa shape index (κ3) is 3.99. The van der Waals surface area contributed by atoms with Gasteiger partial charge < -0.3 is 20.8 Å². The first-order chi connectivity index (χ1) is 14.9. The van der Waals surface area contributed by atoms with E-state index in [1.165, 1.54) is 12.1 Å². The van der Waals surface area contributed by atoms with E-state index in [-0.39, 0.29) is 39.1 Å². The van der Waals surface area contributed by atoms with E-state index in [0.717, 1.165) is 17.8 Å². The van der Waals surface area contributed by atoms with Crippen molar-refractivity contribution < 1.29 is 18.4 Å². The summed E-state index contributed by atoms with van der Waals surface area (Å²) in [5, 5.41) is 22.2. The van der Waals surface area contributed by atoms with E-state index in [4.69, 9.17) is 11.6 Å². The molecule has 12 heteroatoms. The number of benzene rings is 2. The predicted octanol–water partition coefficient (Wildman–Crippen LogP) is 4.23. The molecule has 0 bridgehead atoms. The molecule has 0 aliphatic carbocycles. The maximum absolute atomic E-state index is 14.4. The Morgan fingerprint density at radius 3 is 2.71 bits per heavy atom. The number of halogens is 4. The number of aryl methyl sites for hydroxylation is 1. The molecule has 0 spiro atoms. The van der Waals surface area contributed by atoms with E-state index in [0.29, 0.717) is 6.54 Å². The Morgan fingerprint density at radius 2 is 2.03 bits per heavy atom. The lowest BCUT2D eigenvalue weighted by Gasteiger charge is -2.10. The summed E-state index contributed by atoms with van der Waals surface area (Å²) in [6, 6.07) is 6.35. The summed E-state index contributed by atoms with van der Waals surface area (Å²) in [5.74, 6) is -3.04. The minimum atomic E-state index is -1.19. The highest BCUT2D eigenvalue weighted by atomic mass is 35.5. The van der Waals surface area contributed by atoms with E-state index in [9.17, 15) is 18.4 Å². The highest BCUT2D eigenvalue weighted by molar-refractivity contribution is 6.31. The zero-order chi connectivity index (χ0) is 22.1. The second kappa shape index (κ2) is 8.19. The van der Waals surface area contributed by atoms with Crippen molar-refractivity contribution in [2.75, 3.05) is 10.6 Å². The van der Waals surface area contributed by atoms with Crippen molar-refractivity contribution >= 4 is 40.1 Å². The number of nitrogens with zero attached hydrogens (tertiary/aromatic N) is 4. The molecule has 8 nitrogen and oxygen atoms in total. The van der Waals surface area contributed by atoms with Gasteiger partial charge >= 0.3 is 0 Å². The maximum Gasteiger partial charge on any atom is 0.201 e. The van der Waals surface area contributed by atoms with Crippen molar-refractivity contribution in [3.63, 3.8) is 0 Å². The molecule has 4 rings (SSSR count). The second-order valence-corrected chi connectivity index (χ2v) is 6.94. The smallest absolute Gasteiger partial charge is 0.201 e. The van der Waals surface area contributed by atoms with Gasteiger partial charge in [-0.05, 0) is 30.3 Å². The van der Waals surface area contributed by atoms with Crippen LogP contribution in [0, 0.1) is 17.5 Å². The average molecular weight is 450 g/mol. The summed E-state index contributed by atoms with van der Waals surface area (Å²) in [5.41, 5.74) is 0.895. The summed E-state index contributed by atoms with van der Waals surface area (Å²) in [7, 11) is 1.76. The van der Waals surface area contributed by atoms with E-state index in [1.54, 1.807) is 24.0 Å². The molecule has 0 fully saturated rings. The number of nitrogens with one attached hydrogen (secondary N) is 3. The molecule has 31 heavy (non-hydrogen) atoms. The maximum atomic E-state index is 14.4. The number of rotatable bonds is 5. The number of aromatic nitrogens is 4. The zero-order valence-electron chi connectivity index (χ0n) is 15.9. The van der Waals surface area contributed by atoms with E-state index in [2.05, 4.69) is 30.9 Å². The van der Waals surface area contributed by atoms with Crippen LogP contribution in [0.15, 0.2) is 41.7 Å². The average Bonchev–Trinajstić information content (AvgIpc) is 3.36. The summed E-state index contributed by atoms with van der Waals surface area (Å²) in [4.78, 5) is 6.92. The van der Waals surface area contributed by atoms with Crippen molar-refractivity contribution in [3.8, 4) is 0 Å². The number of hydrogen-bond donors (Lipinski definition) is 4. The quantitative estimate of drug-likeness (QED) is 0.158. The Bertz CT molecular complexity index is 1300. The lowest BCUT2D eigenvalue weighted by molar-refractivity contribution is 0.319. The van der Waals surface area contributed by atoms with Crippen molar-refractivity contribution in [2.45, 2.75) is 6.54 Å². The van der Waals surface area contributed by atoms with Crippen LogP contribution in [-0.2, 0) is 13.6 Å². The second-order valence-electron chi connectivity index (χ2n) is 6.53. The van der Waals surface area contributed by atoms with Crippen LogP contribution in [-0.4, -0.2) is 30.8 Å². The molecule has 2 aromatic carbocycles. The van der Waals surface area contributed by atoms with Crippen LogP contribution in [0.4, 0.5) is 24.8 Å². The van der Waals surface area contributed by atoms with Gasteiger partial charge in [0, 0.05) is 24.5 Å². The van der Waals surface area contributed by atoms with Crippen molar-refractivity contribution in [1.29, 1.82) is 0 Å². The van der Waals surface area contributed by atoms with Gasteiger partial charge in [0.05, 0.1) is 22.8 Å². The predicted molar refractivity (Wildman–Crippen MR) is 110 cm³/mol. The summed E-state index contributed by atoms with van der Waals surface area (Å²) < 4.78 is 43.7. The van der Waals surface area contributed by atoms with Gasteiger partial charge in [0.2, 0.25) is 5.95 Å². The van der Waals surface area contributed by atoms with Crippen molar-refractivity contribution in [3.05, 3.63) is 70.3 Å². The highest BCUT2D eigenvalue weighted by Gasteiger charge is 2.21. The molecular weight excluding hydrogens is 435 g/mol. The largest absolute Gasteiger partial charge is 0.409 e. The van der Waals surface area contributed by atoms with Crippen LogP contribution in [0.5, 0.6) is 0 Å². The Balaban J connectivity index is 1.70. The van der Waals surface area contributed by atoms with E-state index in [1.807, 2.05) is 0 Å². The third-order valence-electron chi connectivity index (χ3n) is 4.56. The van der Waals surface area contributed by atoms with Crippen molar-refractivity contribution in [2.24, 2.45) is 12.2 Å². The molecule has 160 valence electrons. The molecular formula is C19H15ClF3N7O. The minimum Gasteiger partial charge on any atom is -0.409 e. The highest BCUT2D eigenvalue weighted by Crippen LogP contribution is 2.26. The fraction of sp³-hybridized carbons (Fsp3) is 0.105. The number of H-pyrrole nitrogens is 1. The normalized spacial score (nSPS) is 11.8. The molecule has 2 heterocycles. The number of hydrogen-bond acceptors (Lipinski definition) is 5. The Morgan fingerprint density at radius 1 is 1.23 bits per heavy atom. The van der Waals surface area contributed by atoms with Gasteiger partial charge in [-0.2, -0.15) is 5.10 Å². The number of fused-ring (bicyclic) bond motifs is 1. The van der Waals surface area contributed by atoms with Crippen LogP contribution in [0.25, 0.3) is 11.0 Å². The van der Waals surface area contributed by atoms with Crippen LogP contribution >= 0.6 is 11.6 Å². The third-order valence-corrected chi connectivity index (χ3v) is 4.85. The topological polar surface area (TPSA) is 103 Å². The molecule has 0 aliphatic heterocycles. The molecule has 0 radical (unpaired) electrons. The summed E-state index contributed by atoms with van der Waals surface area (Å²) in [6.45, 7) is 0.322. The Kier molecular flexibility index (Phi) is 5.42. The molecule has 2 aromatic heterocycles. The van der Waals surface area contributed by atoms with Gasteiger partial charge in [0.25, 0.3) is 0 Å². The molecule has 0 amide bonds. The molecule has 0 atom stereocenters. The fourth-order valence-corrected chi connectivity index (χ4v) is 3.16. The first-order valence-corrected chi connectivity index (χ1v) is 9.28. The van der Waals surface area contributed by atoms with Gasteiger partial charge in [-0.1, -0.05) is 16.8 Å². The van der Waals surface area contributed by atoms with Gasteiger partial charge in [-0.15, -0.1) is 0 Å². The first kappa shape index (κ1) is 20.5. The van der Waals surface area contributed by atoms with E-state index >= 15 is 0 Å². The van der Waals surface area contributed by atoms with Gasteiger partial charge in [0.15, 0.2) is 17.5 Å². The van der Waals surface area contributed by atoms with E-state index < -0.39 is 17.5 Å². The number of oxime groups is 1. The molecule has 4 aromatic rings. The zero-order valence-corrected chi connectivity index (χ0v) is 16.7. The van der Waals surface area contributed by atoms with Gasteiger partial charge in [0.1, 0.15) is 11.3 Å². The number of anilines is 2. The minimum absolute atomic E-state index is 0.00192. The lowest BCUT2D eigenvalue weighted by atomic mass is 10.1. The summed E-state index contributed by atoms with van der Waals surface area (Å²) >= 11 is 5.76. The molecule has 4 N–H and O–H groups in total. The van der Waals surface area contributed by atoms with Crippen LogP contribution in [0.3, 0.4) is 0 Å². The SMILES string of the molecule is Cn1nccc1CNc1nc2c(F)c(F)cc(/C(=N/O)Nc3ccc(F)c(Cl)c3)c2[nH]1. The number of amidine groups is 1. The van der Waals surface area contributed by atoms with Gasteiger partial charge in [-0.3, -0.25) is 4.68 Å². The lowest BCUT2D eigenvalue weighted by Crippen LogP contribution is -2.15. The molecule has 0 aliphatic rings. The summed E-state index contributed by atoms with van der Waals surface area (Å²) in [6.07, 6.45) is 1.63. The molecule has 0 saturated heterocycles. The Labute approximate surface area is 178 Å². The van der Waals surface area contributed by atoms with Gasteiger partial charge in [-0.25, -0.2) is 18.2 Å².